The van der Waals surface area contributed by atoms with Crippen molar-refractivity contribution >= 4 is 48.3 Å². The SMILES string of the molecule is Cc1cc(Br)cc(Nc2nc3ccccc3s2)c1. The average Bonchev–Trinajstić information content (AvgIpc) is 2.69. The number of aromatic nitrogens is 1. The van der Waals surface area contributed by atoms with Crippen LogP contribution in [0, 0.1) is 6.92 Å². The lowest BCUT2D eigenvalue weighted by Crippen LogP contribution is -1.89. The first-order chi connectivity index (χ1) is 8.70. The van der Waals surface area contributed by atoms with Gasteiger partial charge in [0, 0.05) is 10.2 Å². The van der Waals surface area contributed by atoms with Crippen LogP contribution in [-0.2, 0) is 0 Å². The van der Waals surface area contributed by atoms with Crippen molar-refractivity contribution in [3.63, 3.8) is 0 Å². The van der Waals surface area contributed by atoms with Gasteiger partial charge in [-0.3, -0.25) is 0 Å². The lowest BCUT2D eigenvalue weighted by atomic mass is 10.2. The molecule has 90 valence electrons. The molecule has 2 aromatic carbocycles. The van der Waals surface area contributed by atoms with E-state index < -0.39 is 0 Å². The molecule has 2 nitrogen and oxygen atoms in total. The van der Waals surface area contributed by atoms with Crippen LogP contribution in [0.2, 0.25) is 0 Å². The molecular formula is C14H11BrN2S. The highest BCUT2D eigenvalue weighted by Gasteiger charge is 2.04. The molecule has 0 fully saturated rings. The summed E-state index contributed by atoms with van der Waals surface area (Å²) in [6, 6.07) is 14.4. The number of hydrogen-bond acceptors (Lipinski definition) is 3. The van der Waals surface area contributed by atoms with Gasteiger partial charge in [0.25, 0.3) is 0 Å². The summed E-state index contributed by atoms with van der Waals surface area (Å²) in [5.41, 5.74) is 3.31. The maximum atomic E-state index is 4.56. The Bertz CT molecular complexity index is 653. The molecule has 0 bridgehead atoms. The van der Waals surface area contributed by atoms with E-state index in [0.29, 0.717) is 0 Å². The molecule has 0 amide bonds. The second-order valence-electron chi connectivity index (χ2n) is 4.13. The standard InChI is InChI=1S/C14H11BrN2S/c1-9-6-10(15)8-11(7-9)16-14-17-12-4-2-3-5-13(12)18-14/h2-8H,1H3,(H,16,17). The van der Waals surface area contributed by atoms with Crippen LogP contribution in [-0.4, -0.2) is 4.98 Å². The monoisotopic (exact) mass is 318 g/mol. The smallest absolute Gasteiger partial charge is 0.188 e. The summed E-state index contributed by atoms with van der Waals surface area (Å²) in [4.78, 5) is 4.56. The molecule has 0 saturated heterocycles. The number of aryl methyl sites for hydroxylation is 1. The van der Waals surface area contributed by atoms with E-state index in [4.69, 9.17) is 0 Å². The van der Waals surface area contributed by atoms with Gasteiger partial charge in [-0.05, 0) is 42.8 Å². The van der Waals surface area contributed by atoms with Crippen molar-refractivity contribution in [3.05, 3.63) is 52.5 Å². The minimum atomic E-state index is 0.925. The number of hydrogen-bond donors (Lipinski definition) is 1. The molecule has 0 aliphatic carbocycles. The molecular weight excluding hydrogens is 308 g/mol. The van der Waals surface area contributed by atoms with Gasteiger partial charge in [0.1, 0.15) is 0 Å². The van der Waals surface area contributed by atoms with E-state index in [0.717, 1.165) is 20.8 Å². The first-order valence-corrected chi connectivity index (χ1v) is 7.21. The molecule has 18 heavy (non-hydrogen) atoms. The molecule has 1 heterocycles. The van der Waals surface area contributed by atoms with E-state index in [9.17, 15) is 0 Å². The van der Waals surface area contributed by atoms with Gasteiger partial charge in [-0.1, -0.05) is 39.4 Å². The fraction of sp³-hybridized carbons (Fsp3) is 0.0714. The zero-order valence-electron chi connectivity index (χ0n) is 9.77. The van der Waals surface area contributed by atoms with Gasteiger partial charge in [-0.15, -0.1) is 0 Å². The maximum Gasteiger partial charge on any atom is 0.188 e. The molecule has 1 N–H and O–H groups in total. The Hall–Kier alpha value is -1.39. The molecule has 0 spiro atoms. The molecule has 0 saturated carbocycles. The van der Waals surface area contributed by atoms with Crippen molar-refractivity contribution in [2.75, 3.05) is 5.32 Å². The Kier molecular flexibility index (Phi) is 3.06. The Balaban J connectivity index is 1.96. The number of halogens is 1. The molecule has 0 atom stereocenters. The Labute approximate surface area is 118 Å². The number of para-hydroxylation sites is 1. The lowest BCUT2D eigenvalue weighted by molar-refractivity contribution is 1.40. The lowest BCUT2D eigenvalue weighted by Gasteiger charge is -2.04. The first kappa shape index (κ1) is 11.7. The third-order valence-electron chi connectivity index (χ3n) is 2.59. The molecule has 3 rings (SSSR count). The molecule has 3 aromatic rings. The summed E-state index contributed by atoms with van der Waals surface area (Å²) >= 11 is 5.17. The number of nitrogens with one attached hydrogen (secondary N) is 1. The summed E-state index contributed by atoms with van der Waals surface area (Å²) < 4.78 is 2.28. The van der Waals surface area contributed by atoms with Crippen LogP contribution < -0.4 is 5.32 Å². The number of fused-ring (bicyclic) bond motifs is 1. The van der Waals surface area contributed by atoms with E-state index in [1.807, 2.05) is 18.2 Å². The zero-order valence-corrected chi connectivity index (χ0v) is 12.2. The van der Waals surface area contributed by atoms with E-state index in [1.165, 1.54) is 10.3 Å². The van der Waals surface area contributed by atoms with E-state index in [-0.39, 0.29) is 0 Å². The van der Waals surface area contributed by atoms with Gasteiger partial charge < -0.3 is 5.32 Å². The quantitative estimate of drug-likeness (QED) is 0.710. The van der Waals surface area contributed by atoms with Crippen molar-refractivity contribution in [1.29, 1.82) is 0 Å². The highest BCUT2D eigenvalue weighted by molar-refractivity contribution is 9.10. The number of anilines is 2. The predicted octanol–water partition coefficient (Wildman–Crippen LogP) is 5.11. The summed E-state index contributed by atoms with van der Waals surface area (Å²) in [7, 11) is 0. The molecule has 0 unspecified atom stereocenters. The largest absolute Gasteiger partial charge is 0.331 e. The van der Waals surface area contributed by atoms with Crippen LogP contribution >= 0.6 is 27.3 Å². The van der Waals surface area contributed by atoms with Crippen LogP contribution in [0.4, 0.5) is 10.8 Å². The Morgan fingerprint density at radius 3 is 2.78 bits per heavy atom. The van der Waals surface area contributed by atoms with Gasteiger partial charge >= 0.3 is 0 Å². The van der Waals surface area contributed by atoms with E-state index in [1.54, 1.807) is 11.3 Å². The van der Waals surface area contributed by atoms with Gasteiger partial charge in [-0.2, -0.15) is 0 Å². The van der Waals surface area contributed by atoms with Crippen molar-refractivity contribution in [2.24, 2.45) is 0 Å². The maximum absolute atomic E-state index is 4.56. The second-order valence-corrected chi connectivity index (χ2v) is 6.08. The third-order valence-corrected chi connectivity index (χ3v) is 4.00. The second kappa shape index (κ2) is 4.71. The van der Waals surface area contributed by atoms with Gasteiger partial charge in [0.05, 0.1) is 10.2 Å². The van der Waals surface area contributed by atoms with Gasteiger partial charge in [-0.25, -0.2) is 4.98 Å². The molecule has 0 aliphatic heterocycles. The molecule has 0 radical (unpaired) electrons. The fourth-order valence-electron chi connectivity index (χ4n) is 1.86. The van der Waals surface area contributed by atoms with Gasteiger partial charge in [0.2, 0.25) is 0 Å². The Morgan fingerprint density at radius 1 is 1.17 bits per heavy atom. The topological polar surface area (TPSA) is 24.9 Å². The highest BCUT2D eigenvalue weighted by Crippen LogP contribution is 2.29. The summed E-state index contributed by atoms with van der Waals surface area (Å²) in [6.07, 6.45) is 0. The molecule has 4 heteroatoms. The van der Waals surface area contributed by atoms with Crippen molar-refractivity contribution in [2.45, 2.75) is 6.92 Å². The predicted molar refractivity (Wildman–Crippen MR) is 81.8 cm³/mol. The summed E-state index contributed by atoms with van der Waals surface area (Å²) in [5.74, 6) is 0. The van der Waals surface area contributed by atoms with Crippen LogP contribution in [0.25, 0.3) is 10.2 Å². The number of rotatable bonds is 2. The molecule has 0 aliphatic rings. The van der Waals surface area contributed by atoms with Crippen LogP contribution in [0.15, 0.2) is 46.9 Å². The molecule has 1 aromatic heterocycles. The first-order valence-electron chi connectivity index (χ1n) is 5.60. The van der Waals surface area contributed by atoms with Crippen molar-refractivity contribution in [3.8, 4) is 0 Å². The summed E-state index contributed by atoms with van der Waals surface area (Å²) in [5, 5.41) is 4.28. The van der Waals surface area contributed by atoms with Gasteiger partial charge in [0.15, 0.2) is 5.13 Å². The number of benzene rings is 2. The number of nitrogens with zero attached hydrogens (tertiary/aromatic N) is 1. The average molecular weight is 319 g/mol. The van der Waals surface area contributed by atoms with Crippen LogP contribution in [0.5, 0.6) is 0 Å². The van der Waals surface area contributed by atoms with Crippen LogP contribution in [0.3, 0.4) is 0 Å². The Morgan fingerprint density at radius 2 is 2.00 bits per heavy atom. The third kappa shape index (κ3) is 2.40. The van der Waals surface area contributed by atoms with Crippen molar-refractivity contribution < 1.29 is 0 Å². The normalized spacial score (nSPS) is 10.8. The zero-order chi connectivity index (χ0) is 12.5. The van der Waals surface area contributed by atoms with Crippen molar-refractivity contribution in [1.82, 2.24) is 4.98 Å². The van der Waals surface area contributed by atoms with Crippen LogP contribution in [0.1, 0.15) is 5.56 Å². The number of thiazole rings is 1. The van der Waals surface area contributed by atoms with E-state index in [2.05, 4.69) is 57.4 Å². The highest BCUT2D eigenvalue weighted by atomic mass is 79.9. The minimum Gasteiger partial charge on any atom is -0.331 e. The minimum absolute atomic E-state index is 0.925. The summed E-state index contributed by atoms with van der Waals surface area (Å²) in [6.45, 7) is 2.08. The van der Waals surface area contributed by atoms with E-state index >= 15 is 0 Å². The fourth-order valence-corrected chi connectivity index (χ4v) is 3.35.